The van der Waals surface area contributed by atoms with Crippen LogP contribution in [0.15, 0.2) is 59.0 Å². The number of para-hydroxylation sites is 1. The Morgan fingerprint density at radius 3 is 2.44 bits per heavy atom. The third-order valence-electron chi connectivity index (χ3n) is 4.10. The highest BCUT2D eigenvalue weighted by molar-refractivity contribution is 5.97. The van der Waals surface area contributed by atoms with E-state index in [1.54, 1.807) is 19.1 Å². The molecule has 0 aliphatic heterocycles. The summed E-state index contributed by atoms with van der Waals surface area (Å²) in [5.74, 6) is 0.953. The zero-order chi connectivity index (χ0) is 17.8. The summed E-state index contributed by atoms with van der Waals surface area (Å²) in [6.07, 6.45) is 0.401. The third kappa shape index (κ3) is 3.43. The van der Waals surface area contributed by atoms with E-state index in [0.29, 0.717) is 30.1 Å². The molecule has 1 heterocycles. The van der Waals surface area contributed by atoms with Crippen molar-refractivity contribution >= 4 is 5.97 Å². The number of aromatic hydroxyl groups is 1. The summed E-state index contributed by atoms with van der Waals surface area (Å²) in [7, 11) is 0. The predicted octanol–water partition coefficient (Wildman–Crippen LogP) is 4.73. The number of ether oxygens (including phenoxy) is 1. The minimum Gasteiger partial charge on any atom is -0.508 e. The van der Waals surface area contributed by atoms with E-state index >= 15 is 0 Å². The molecule has 0 saturated heterocycles. The van der Waals surface area contributed by atoms with Gasteiger partial charge in [0.1, 0.15) is 22.8 Å². The monoisotopic (exact) mass is 336 g/mol. The first kappa shape index (κ1) is 16.8. The number of carbonyl (C=O) groups is 1. The molecule has 128 valence electrons. The first-order valence-corrected chi connectivity index (χ1v) is 8.23. The number of hydrogen-bond acceptors (Lipinski definition) is 4. The summed E-state index contributed by atoms with van der Waals surface area (Å²) in [6.45, 7) is 3.92. The molecule has 2 aromatic carbocycles. The summed E-state index contributed by atoms with van der Waals surface area (Å²) in [5.41, 5.74) is 2.74. The van der Waals surface area contributed by atoms with Crippen molar-refractivity contribution in [2.24, 2.45) is 0 Å². The van der Waals surface area contributed by atoms with Crippen LogP contribution in [0.1, 0.15) is 34.2 Å². The van der Waals surface area contributed by atoms with E-state index in [9.17, 15) is 9.90 Å². The molecular weight excluding hydrogens is 316 g/mol. The van der Waals surface area contributed by atoms with Crippen molar-refractivity contribution in [2.75, 3.05) is 6.61 Å². The van der Waals surface area contributed by atoms with Crippen LogP contribution in [0.25, 0.3) is 11.3 Å². The number of furan rings is 1. The Hall–Kier alpha value is -3.01. The fourth-order valence-electron chi connectivity index (χ4n) is 2.80. The molecule has 0 amide bonds. The van der Waals surface area contributed by atoms with Crippen molar-refractivity contribution < 1.29 is 19.1 Å². The summed E-state index contributed by atoms with van der Waals surface area (Å²) >= 11 is 0. The summed E-state index contributed by atoms with van der Waals surface area (Å²) in [4.78, 5) is 12.5. The molecule has 4 nitrogen and oxygen atoms in total. The quantitative estimate of drug-likeness (QED) is 0.684. The second-order valence-corrected chi connectivity index (χ2v) is 5.75. The van der Waals surface area contributed by atoms with Gasteiger partial charge in [-0.25, -0.2) is 4.79 Å². The van der Waals surface area contributed by atoms with Crippen LogP contribution in [0.5, 0.6) is 5.75 Å². The van der Waals surface area contributed by atoms with Gasteiger partial charge in [0.15, 0.2) is 0 Å². The number of hydrogen-bond donors (Lipinski definition) is 1. The van der Waals surface area contributed by atoms with Crippen molar-refractivity contribution in [1.29, 1.82) is 0 Å². The van der Waals surface area contributed by atoms with Crippen LogP contribution in [0, 0.1) is 6.92 Å². The average molecular weight is 336 g/mol. The van der Waals surface area contributed by atoms with E-state index in [0.717, 1.165) is 16.7 Å². The Morgan fingerprint density at radius 2 is 1.76 bits per heavy atom. The molecule has 3 aromatic rings. The molecule has 0 atom stereocenters. The van der Waals surface area contributed by atoms with E-state index in [1.165, 1.54) is 0 Å². The zero-order valence-corrected chi connectivity index (χ0v) is 14.3. The molecule has 0 aliphatic rings. The molecule has 0 bridgehead atoms. The Bertz CT molecular complexity index is 878. The summed E-state index contributed by atoms with van der Waals surface area (Å²) in [6, 6.07) is 16.6. The Labute approximate surface area is 146 Å². The smallest absolute Gasteiger partial charge is 0.342 e. The maximum absolute atomic E-state index is 12.5. The fourth-order valence-corrected chi connectivity index (χ4v) is 2.80. The molecule has 1 aromatic heterocycles. The first-order chi connectivity index (χ1) is 12.1. The van der Waals surface area contributed by atoms with Gasteiger partial charge in [-0.2, -0.15) is 0 Å². The van der Waals surface area contributed by atoms with Crippen molar-refractivity contribution in [3.05, 3.63) is 77.0 Å². The molecule has 25 heavy (non-hydrogen) atoms. The zero-order valence-electron chi connectivity index (χ0n) is 14.3. The van der Waals surface area contributed by atoms with E-state index in [1.807, 2.05) is 49.4 Å². The van der Waals surface area contributed by atoms with Gasteiger partial charge >= 0.3 is 5.97 Å². The van der Waals surface area contributed by atoms with Crippen molar-refractivity contribution in [3.63, 3.8) is 0 Å². The minimum absolute atomic E-state index is 0.206. The Morgan fingerprint density at radius 1 is 1.08 bits per heavy atom. The normalized spacial score (nSPS) is 10.6. The second kappa shape index (κ2) is 7.26. The van der Waals surface area contributed by atoms with Gasteiger partial charge in [0.2, 0.25) is 0 Å². The first-order valence-electron chi connectivity index (χ1n) is 8.23. The number of phenolic OH excluding ortho intramolecular Hbond substituents is 1. The molecule has 4 heteroatoms. The lowest BCUT2D eigenvalue weighted by atomic mass is 10.0. The molecule has 0 saturated carbocycles. The SMILES string of the molecule is CCOC(=O)c1c(-c2ccccc2)oc(Cc2ccccc2O)c1C. The Kier molecular flexibility index (Phi) is 4.89. The maximum atomic E-state index is 12.5. The molecule has 0 spiro atoms. The van der Waals surface area contributed by atoms with Crippen molar-refractivity contribution in [1.82, 2.24) is 0 Å². The topological polar surface area (TPSA) is 59.7 Å². The van der Waals surface area contributed by atoms with Crippen LogP contribution >= 0.6 is 0 Å². The lowest BCUT2D eigenvalue weighted by Crippen LogP contribution is -2.06. The summed E-state index contributed by atoms with van der Waals surface area (Å²) in [5, 5.41) is 10.0. The number of phenols is 1. The lowest BCUT2D eigenvalue weighted by Gasteiger charge is -2.04. The standard InChI is InChI=1S/C21H20O4/c1-3-24-21(23)19-14(2)18(13-16-11-7-8-12-17(16)22)25-20(19)15-9-5-4-6-10-15/h4-12,22H,3,13H2,1-2H3. The lowest BCUT2D eigenvalue weighted by molar-refractivity contribution is 0.0526. The van der Waals surface area contributed by atoms with Gasteiger partial charge in [-0.05, 0) is 19.9 Å². The highest BCUT2D eigenvalue weighted by Crippen LogP contribution is 2.34. The van der Waals surface area contributed by atoms with Crippen LogP contribution in [0.3, 0.4) is 0 Å². The highest BCUT2D eigenvalue weighted by atomic mass is 16.5. The van der Waals surface area contributed by atoms with Crippen LogP contribution in [0.4, 0.5) is 0 Å². The number of esters is 1. The average Bonchev–Trinajstić information content (AvgIpc) is 2.94. The molecule has 1 N–H and O–H groups in total. The third-order valence-corrected chi connectivity index (χ3v) is 4.10. The number of benzene rings is 2. The van der Waals surface area contributed by atoms with Crippen LogP contribution in [0.2, 0.25) is 0 Å². The second-order valence-electron chi connectivity index (χ2n) is 5.75. The number of rotatable bonds is 5. The molecule has 3 rings (SSSR count). The maximum Gasteiger partial charge on any atom is 0.342 e. The number of carbonyl (C=O) groups excluding carboxylic acids is 1. The molecule has 0 unspecified atom stereocenters. The van der Waals surface area contributed by atoms with Crippen molar-refractivity contribution in [2.45, 2.75) is 20.3 Å². The van der Waals surface area contributed by atoms with E-state index < -0.39 is 5.97 Å². The minimum atomic E-state index is -0.397. The van der Waals surface area contributed by atoms with Gasteiger partial charge in [-0.3, -0.25) is 0 Å². The Balaban J connectivity index is 2.09. The van der Waals surface area contributed by atoms with Gasteiger partial charge in [0.05, 0.1) is 6.61 Å². The van der Waals surface area contributed by atoms with Crippen molar-refractivity contribution in [3.8, 4) is 17.1 Å². The van der Waals surface area contributed by atoms with Crippen LogP contribution < -0.4 is 0 Å². The van der Waals surface area contributed by atoms with Crippen LogP contribution in [-0.2, 0) is 11.2 Å². The highest BCUT2D eigenvalue weighted by Gasteiger charge is 2.25. The van der Waals surface area contributed by atoms with E-state index in [4.69, 9.17) is 9.15 Å². The molecule has 0 aliphatic carbocycles. The van der Waals surface area contributed by atoms with Gasteiger partial charge < -0.3 is 14.3 Å². The molecule has 0 radical (unpaired) electrons. The van der Waals surface area contributed by atoms with Gasteiger partial charge in [-0.1, -0.05) is 48.5 Å². The summed E-state index contributed by atoms with van der Waals surface area (Å²) < 4.78 is 11.3. The largest absolute Gasteiger partial charge is 0.508 e. The van der Waals surface area contributed by atoms with Gasteiger partial charge in [0, 0.05) is 23.1 Å². The van der Waals surface area contributed by atoms with Gasteiger partial charge in [-0.15, -0.1) is 0 Å². The van der Waals surface area contributed by atoms with E-state index in [-0.39, 0.29) is 5.75 Å². The van der Waals surface area contributed by atoms with Gasteiger partial charge in [0.25, 0.3) is 0 Å². The van der Waals surface area contributed by atoms with Crippen LogP contribution in [-0.4, -0.2) is 17.7 Å². The predicted molar refractivity (Wildman–Crippen MR) is 95.8 cm³/mol. The molecular formula is C21H20O4. The van der Waals surface area contributed by atoms with E-state index in [2.05, 4.69) is 0 Å². The molecule has 0 fully saturated rings. The fraction of sp³-hybridized carbons (Fsp3) is 0.190.